The molecular formula is C5H8N2S. The second-order valence-electron chi connectivity index (χ2n) is 1.56. The van der Waals surface area contributed by atoms with Crippen molar-refractivity contribution < 1.29 is 0 Å². The largest absolute Gasteiger partial charge is 0.283 e. The predicted octanol–water partition coefficient (Wildman–Crippen LogP) is 0.882. The minimum atomic E-state index is 0.877. The maximum absolute atomic E-state index is 4.06. The number of rotatable bonds is 2. The average molecular weight is 128 g/mol. The first-order chi connectivity index (χ1) is 3.93. The van der Waals surface area contributed by atoms with E-state index < -0.39 is 0 Å². The van der Waals surface area contributed by atoms with Crippen molar-refractivity contribution in [2.45, 2.75) is 6.42 Å². The normalized spacial score (nSPS) is 9.62. The Hall–Kier alpha value is -0.440. The standard InChI is InChI=1S/C5H8N2S/c8-4-2-5-1-3-6-7-5/h1,3,8H,2,4H2,(H,6,7). The van der Waals surface area contributed by atoms with Gasteiger partial charge in [0.15, 0.2) is 0 Å². The summed E-state index contributed by atoms with van der Waals surface area (Å²) in [5, 5.41) is 6.62. The van der Waals surface area contributed by atoms with Crippen LogP contribution in [0.3, 0.4) is 0 Å². The molecule has 0 atom stereocenters. The Morgan fingerprint density at radius 2 is 2.62 bits per heavy atom. The first-order valence-electron chi connectivity index (χ1n) is 2.52. The maximum atomic E-state index is 4.06. The fraction of sp³-hybridized carbons (Fsp3) is 0.400. The lowest BCUT2D eigenvalue weighted by Crippen LogP contribution is -1.84. The third kappa shape index (κ3) is 1.26. The fourth-order valence-corrected chi connectivity index (χ4v) is 0.785. The van der Waals surface area contributed by atoms with Gasteiger partial charge < -0.3 is 0 Å². The van der Waals surface area contributed by atoms with Gasteiger partial charge in [-0.05, 0) is 18.2 Å². The van der Waals surface area contributed by atoms with E-state index in [0.29, 0.717) is 0 Å². The van der Waals surface area contributed by atoms with Crippen molar-refractivity contribution >= 4 is 12.6 Å². The lowest BCUT2D eigenvalue weighted by molar-refractivity contribution is 0.982. The number of thiol groups is 1. The number of aromatic amines is 1. The van der Waals surface area contributed by atoms with Crippen LogP contribution in [0.5, 0.6) is 0 Å². The lowest BCUT2D eigenvalue weighted by atomic mass is 10.3. The van der Waals surface area contributed by atoms with Crippen molar-refractivity contribution in [2.75, 3.05) is 5.75 Å². The molecule has 8 heavy (non-hydrogen) atoms. The summed E-state index contributed by atoms with van der Waals surface area (Å²) in [5.41, 5.74) is 1.15. The number of H-pyrrole nitrogens is 1. The molecule has 0 aliphatic carbocycles. The van der Waals surface area contributed by atoms with E-state index >= 15 is 0 Å². The number of nitrogens with one attached hydrogen (secondary N) is 1. The Morgan fingerprint density at radius 3 is 3.12 bits per heavy atom. The van der Waals surface area contributed by atoms with Gasteiger partial charge in [0.25, 0.3) is 0 Å². The highest BCUT2D eigenvalue weighted by molar-refractivity contribution is 7.80. The zero-order valence-corrected chi connectivity index (χ0v) is 5.36. The monoisotopic (exact) mass is 128 g/mol. The van der Waals surface area contributed by atoms with E-state index in [-0.39, 0.29) is 0 Å². The van der Waals surface area contributed by atoms with Crippen molar-refractivity contribution in [3.8, 4) is 0 Å². The number of aromatic nitrogens is 2. The molecule has 0 saturated heterocycles. The molecule has 0 aliphatic heterocycles. The van der Waals surface area contributed by atoms with E-state index in [1.54, 1.807) is 6.20 Å². The molecule has 0 fully saturated rings. The van der Waals surface area contributed by atoms with Crippen LogP contribution in [0.2, 0.25) is 0 Å². The summed E-state index contributed by atoms with van der Waals surface area (Å²) in [6, 6.07) is 1.95. The maximum Gasteiger partial charge on any atom is 0.0490 e. The molecule has 1 rings (SSSR count). The van der Waals surface area contributed by atoms with E-state index in [0.717, 1.165) is 17.9 Å². The Morgan fingerprint density at radius 1 is 1.75 bits per heavy atom. The van der Waals surface area contributed by atoms with Crippen LogP contribution in [-0.4, -0.2) is 16.0 Å². The highest BCUT2D eigenvalue weighted by atomic mass is 32.1. The van der Waals surface area contributed by atoms with Crippen LogP contribution in [0.1, 0.15) is 5.69 Å². The number of hydrogen-bond acceptors (Lipinski definition) is 2. The van der Waals surface area contributed by atoms with E-state index in [9.17, 15) is 0 Å². The van der Waals surface area contributed by atoms with Crippen LogP contribution in [-0.2, 0) is 6.42 Å². The van der Waals surface area contributed by atoms with Gasteiger partial charge in [-0.15, -0.1) is 0 Å². The van der Waals surface area contributed by atoms with Crippen LogP contribution in [0.15, 0.2) is 12.3 Å². The van der Waals surface area contributed by atoms with Gasteiger partial charge in [-0.1, -0.05) is 0 Å². The molecule has 1 N–H and O–H groups in total. The Bertz CT molecular complexity index is 136. The zero-order valence-electron chi connectivity index (χ0n) is 4.46. The number of nitrogens with zero attached hydrogens (tertiary/aromatic N) is 1. The summed E-state index contributed by atoms with van der Waals surface area (Å²) in [4.78, 5) is 0. The summed E-state index contributed by atoms with van der Waals surface area (Å²) < 4.78 is 0. The zero-order chi connectivity index (χ0) is 5.82. The van der Waals surface area contributed by atoms with Gasteiger partial charge in [0.05, 0.1) is 0 Å². The third-order valence-corrected chi connectivity index (χ3v) is 1.16. The summed E-state index contributed by atoms with van der Waals surface area (Å²) in [6.07, 6.45) is 2.72. The molecule has 3 heteroatoms. The summed E-state index contributed by atoms with van der Waals surface area (Å²) in [6.45, 7) is 0. The average Bonchev–Trinajstić information content (AvgIpc) is 2.19. The van der Waals surface area contributed by atoms with E-state index in [1.807, 2.05) is 6.07 Å². The van der Waals surface area contributed by atoms with Crippen molar-refractivity contribution in [2.24, 2.45) is 0 Å². The van der Waals surface area contributed by atoms with E-state index in [1.165, 1.54) is 0 Å². The second kappa shape index (κ2) is 2.77. The van der Waals surface area contributed by atoms with Crippen molar-refractivity contribution in [1.82, 2.24) is 10.2 Å². The molecule has 2 nitrogen and oxygen atoms in total. The Labute approximate surface area is 53.7 Å². The Kier molecular flexibility index (Phi) is 1.97. The topological polar surface area (TPSA) is 28.7 Å². The highest BCUT2D eigenvalue weighted by Crippen LogP contribution is 1.92. The van der Waals surface area contributed by atoms with Crippen molar-refractivity contribution in [1.29, 1.82) is 0 Å². The van der Waals surface area contributed by atoms with Gasteiger partial charge >= 0.3 is 0 Å². The molecule has 1 aromatic heterocycles. The summed E-state index contributed by atoms with van der Waals surface area (Å²) in [7, 11) is 0. The van der Waals surface area contributed by atoms with Crippen LogP contribution in [0, 0.1) is 0 Å². The quantitative estimate of drug-likeness (QED) is 0.569. The number of hydrogen-bond donors (Lipinski definition) is 2. The SMILES string of the molecule is SCCc1ccn[nH]1. The van der Waals surface area contributed by atoms with Gasteiger partial charge in [0.2, 0.25) is 0 Å². The molecule has 0 bridgehead atoms. The third-order valence-electron chi connectivity index (χ3n) is 0.940. The minimum absolute atomic E-state index is 0.877. The van der Waals surface area contributed by atoms with Gasteiger partial charge in [0, 0.05) is 11.9 Å². The smallest absolute Gasteiger partial charge is 0.0490 e. The van der Waals surface area contributed by atoms with Crippen LogP contribution < -0.4 is 0 Å². The van der Waals surface area contributed by atoms with Gasteiger partial charge in [0.1, 0.15) is 0 Å². The molecule has 0 aliphatic rings. The van der Waals surface area contributed by atoms with E-state index in [4.69, 9.17) is 0 Å². The summed E-state index contributed by atoms with van der Waals surface area (Å²) >= 11 is 4.06. The molecule has 0 spiro atoms. The molecule has 0 unspecified atom stereocenters. The van der Waals surface area contributed by atoms with E-state index in [2.05, 4.69) is 22.8 Å². The number of aryl methyl sites for hydroxylation is 1. The lowest BCUT2D eigenvalue weighted by Gasteiger charge is -1.85. The Balaban J connectivity index is 2.50. The first-order valence-corrected chi connectivity index (χ1v) is 3.16. The molecule has 44 valence electrons. The van der Waals surface area contributed by atoms with Crippen LogP contribution in [0.4, 0.5) is 0 Å². The highest BCUT2D eigenvalue weighted by Gasteiger charge is 1.87. The molecule has 0 saturated carbocycles. The molecule has 0 amide bonds. The molecule has 1 aromatic rings. The first kappa shape index (κ1) is 5.69. The van der Waals surface area contributed by atoms with Gasteiger partial charge in [-0.25, -0.2) is 0 Å². The summed E-state index contributed by atoms with van der Waals surface area (Å²) in [5.74, 6) is 0.877. The minimum Gasteiger partial charge on any atom is -0.283 e. The molecular weight excluding hydrogens is 120 g/mol. The molecule has 0 aromatic carbocycles. The van der Waals surface area contributed by atoms with Gasteiger partial charge in [-0.2, -0.15) is 17.7 Å². The van der Waals surface area contributed by atoms with Crippen molar-refractivity contribution in [3.05, 3.63) is 18.0 Å². The van der Waals surface area contributed by atoms with Gasteiger partial charge in [-0.3, -0.25) is 5.10 Å². The molecule has 0 radical (unpaired) electrons. The second-order valence-corrected chi connectivity index (χ2v) is 2.00. The molecule has 1 heterocycles. The predicted molar refractivity (Wildman–Crippen MR) is 36.1 cm³/mol. The van der Waals surface area contributed by atoms with Crippen LogP contribution in [0.25, 0.3) is 0 Å². The fourth-order valence-electron chi connectivity index (χ4n) is 0.544. The van der Waals surface area contributed by atoms with Crippen molar-refractivity contribution in [3.63, 3.8) is 0 Å². The van der Waals surface area contributed by atoms with Crippen LogP contribution >= 0.6 is 12.6 Å².